The second-order valence-corrected chi connectivity index (χ2v) is 4.78. The molecule has 0 spiro atoms. The third-order valence-corrected chi connectivity index (χ3v) is 3.49. The van der Waals surface area contributed by atoms with E-state index in [9.17, 15) is 0 Å². The maximum atomic E-state index is 5.17. The molecule has 2 aromatic rings. The van der Waals surface area contributed by atoms with Gasteiger partial charge in [-0.2, -0.15) is 5.10 Å². The van der Waals surface area contributed by atoms with Crippen molar-refractivity contribution >= 4 is 12.2 Å². The Balaban J connectivity index is 1.90. The zero-order valence-corrected chi connectivity index (χ0v) is 12.2. The Morgan fingerprint density at radius 2 is 2.00 bits per heavy atom. The van der Waals surface area contributed by atoms with E-state index in [4.69, 9.17) is 17.0 Å². The van der Waals surface area contributed by atoms with E-state index in [-0.39, 0.29) is 0 Å². The third kappa shape index (κ3) is 3.44. The van der Waals surface area contributed by atoms with Gasteiger partial charge in [0.25, 0.3) is 0 Å². The molecule has 0 unspecified atom stereocenters. The predicted molar refractivity (Wildman–Crippen MR) is 78.1 cm³/mol. The van der Waals surface area contributed by atoms with Crippen molar-refractivity contribution in [2.75, 3.05) is 7.11 Å². The maximum absolute atomic E-state index is 5.17. The largest absolute Gasteiger partial charge is 0.497 e. The van der Waals surface area contributed by atoms with Crippen molar-refractivity contribution in [1.82, 2.24) is 14.8 Å². The molecule has 102 valence electrons. The summed E-state index contributed by atoms with van der Waals surface area (Å²) in [5.41, 5.74) is 1.32. The fourth-order valence-corrected chi connectivity index (χ4v) is 2.39. The summed E-state index contributed by atoms with van der Waals surface area (Å²) < 4.78 is 7.90. The van der Waals surface area contributed by atoms with Gasteiger partial charge >= 0.3 is 0 Å². The van der Waals surface area contributed by atoms with E-state index < -0.39 is 0 Å². The van der Waals surface area contributed by atoms with Gasteiger partial charge in [-0.05, 0) is 49.7 Å². The van der Waals surface area contributed by atoms with Gasteiger partial charge in [-0.15, -0.1) is 0 Å². The molecule has 0 aliphatic heterocycles. The number of aryl methyl sites for hydroxylation is 2. The third-order valence-electron chi connectivity index (χ3n) is 3.18. The molecule has 4 nitrogen and oxygen atoms in total. The zero-order valence-electron chi connectivity index (χ0n) is 11.3. The number of rotatable bonds is 6. The van der Waals surface area contributed by atoms with E-state index in [2.05, 4.69) is 29.3 Å². The zero-order chi connectivity index (χ0) is 13.7. The Labute approximate surface area is 118 Å². The van der Waals surface area contributed by atoms with Crippen molar-refractivity contribution < 1.29 is 4.74 Å². The number of methoxy groups -OCH3 is 1. The van der Waals surface area contributed by atoms with Crippen molar-refractivity contribution in [3.05, 3.63) is 40.4 Å². The number of nitrogens with zero attached hydrogens (tertiary/aromatic N) is 2. The molecule has 0 atom stereocenters. The van der Waals surface area contributed by atoms with Crippen LogP contribution in [0.5, 0.6) is 5.75 Å². The van der Waals surface area contributed by atoms with Crippen LogP contribution in [0.2, 0.25) is 0 Å². The molecule has 2 rings (SSSR count). The van der Waals surface area contributed by atoms with Gasteiger partial charge in [0.15, 0.2) is 4.77 Å². The molecule has 5 heteroatoms. The second kappa shape index (κ2) is 6.52. The highest BCUT2D eigenvalue weighted by Crippen LogP contribution is 2.13. The molecule has 19 heavy (non-hydrogen) atoms. The lowest BCUT2D eigenvalue weighted by molar-refractivity contribution is 0.414. The number of hydrogen-bond donors (Lipinski definition) is 1. The molecule has 0 aliphatic rings. The molecular formula is C14H19N3OS. The quantitative estimate of drug-likeness (QED) is 0.825. The van der Waals surface area contributed by atoms with Gasteiger partial charge in [0.2, 0.25) is 0 Å². The van der Waals surface area contributed by atoms with E-state index in [1.54, 1.807) is 7.11 Å². The molecule has 1 aromatic carbocycles. The lowest BCUT2D eigenvalue weighted by Gasteiger charge is -2.05. The monoisotopic (exact) mass is 277 g/mol. The number of hydrogen-bond acceptors (Lipinski definition) is 3. The van der Waals surface area contributed by atoms with E-state index in [0.717, 1.165) is 37.4 Å². The van der Waals surface area contributed by atoms with Gasteiger partial charge in [0.05, 0.1) is 7.11 Å². The summed E-state index contributed by atoms with van der Waals surface area (Å²) in [5.74, 6) is 1.94. The van der Waals surface area contributed by atoms with E-state index in [1.807, 2.05) is 16.7 Å². The van der Waals surface area contributed by atoms with Gasteiger partial charge in [0, 0.05) is 13.0 Å². The molecule has 0 saturated carbocycles. The summed E-state index contributed by atoms with van der Waals surface area (Å²) in [7, 11) is 1.68. The van der Waals surface area contributed by atoms with Crippen LogP contribution in [0.3, 0.4) is 0 Å². The number of ether oxygens (including phenoxy) is 1. The molecule has 0 bridgehead atoms. The fourth-order valence-electron chi connectivity index (χ4n) is 2.11. The first-order valence-corrected chi connectivity index (χ1v) is 6.92. The molecule has 1 heterocycles. The molecular weight excluding hydrogens is 258 g/mol. The number of aromatic amines is 1. The summed E-state index contributed by atoms with van der Waals surface area (Å²) in [5, 5.41) is 7.12. The molecule has 0 saturated heterocycles. The molecule has 0 amide bonds. The van der Waals surface area contributed by atoms with Gasteiger partial charge in [-0.25, -0.2) is 0 Å². The molecule has 0 fully saturated rings. The van der Waals surface area contributed by atoms with Crippen LogP contribution in [0.25, 0.3) is 0 Å². The topological polar surface area (TPSA) is 42.8 Å². The summed E-state index contributed by atoms with van der Waals surface area (Å²) in [6.07, 6.45) is 3.03. The van der Waals surface area contributed by atoms with Crippen LogP contribution in [-0.2, 0) is 19.4 Å². The van der Waals surface area contributed by atoms with E-state index in [0.29, 0.717) is 4.77 Å². The molecule has 1 N–H and O–H groups in total. The van der Waals surface area contributed by atoms with Crippen molar-refractivity contribution in [2.45, 2.75) is 32.7 Å². The standard InChI is InChI=1S/C14H19N3OS/c1-3-17-13(15-16-14(17)19)6-4-5-11-7-9-12(18-2)10-8-11/h7-10H,3-6H2,1-2H3,(H,16,19). The summed E-state index contributed by atoms with van der Waals surface area (Å²) in [6.45, 7) is 2.95. The smallest absolute Gasteiger partial charge is 0.195 e. The van der Waals surface area contributed by atoms with Crippen LogP contribution in [0.1, 0.15) is 24.7 Å². The number of nitrogens with one attached hydrogen (secondary N) is 1. The van der Waals surface area contributed by atoms with Crippen LogP contribution >= 0.6 is 12.2 Å². The van der Waals surface area contributed by atoms with Crippen LogP contribution in [0, 0.1) is 4.77 Å². The Kier molecular flexibility index (Phi) is 4.74. The summed E-state index contributed by atoms with van der Waals surface area (Å²) in [4.78, 5) is 0. The Morgan fingerprint density at radius 3 is 2.63 bits per heavy atom. The van der Waals surface area contributed by atoms with Crippen molar-refractivity contribution in [1.29, 1.82) is 0 Å². The first-order chi connectivity index (χ1) is 9.24. The highest BCUT2D eigenvalue weighted by molar-refractivity contribution is 7.71. The number of H-pyrrole nitrogens is 1. The lowest BCUT2D eigenvalue weighted by atomic mass is 10.1. The predicted octanol–water partition coefficient (Wildman–Crippen LogP) is 3.14. The van der Waals surface area contributed by atoms with Crippen molar-refractivity contribution in [3.8, 4) is 5.75 Å². The maximum Gasteiger partial charge on any atom is 0.195 e. The van der Waals surface area contributed by atoms with E-state index >= 15 is 0 Å². The molecule has 0 radical (unpaired) electrons. The minimum atomic E-state index is 0.710. The molecule has 1 aromatic heterocycles. The van der Waals surface area contributed by atoms with Crippen LogP contribution in [-0.4, -0.2) is 21.9 Å². The average Bonchev–Trinajstić information content (AvgIpc) is 2.80. The minimum Gasteiger partial charge on any atom is -0.497 e. The van der Waals surface area contributed by atoms with Gasteiger partial charge < -0.3 is 9.30 Å². The van der Waals surface area contributed by atoms with Crippen molar-refractivity contribution in [3.63, 3.8) is 0 Å². The number of benzene rings is 1. The minimum absolute atomic E-state index is 0.710. The van der Waals surface area contributed by atoms with Crippen LogP contribution in [0.4, 0.5) is 0 Å². The van der Waals surface area contributed by atoms with Crippen LogP contribution < -0.4 is 4.74 Å². The molecule has 0 aliphatic carbocycles. The Hall–Kier alpha value is -1.62. The second-order valence-electron chi connectivity index (χ2n) is 4.39. The Morgan fingerprint density at radius 1 is 1.26 bits per heavy atom. The SMILES string of the molecule is CCn1c(CCCc2ccc(OC)cc2)n[nH]c1=S. The van der Waals surface area contributed by atoms with Crippen LogP contribution in [0.15, 0.2) is 24.3 Å². The van der Waals surface area contributed by atoms with Gasteiger partial charge in [-0.3, -0.25) is 5.10 Å². The first-order valence-electron chi connectivity index (χ1n) is 6.51. The fraction of sp³-hybridized carbons (Fsp3) is 0.429. The normalized spacial score (nSPS) is 10.6. The van der Waals surface area contributed by atoms with Gasteiger partial charge in [0.1, 0.15) is 11.6 Å². The average molecular weight is 277 g/mol. The number of aromatic nitrogens is 3. The van der Waals surface area contributed by atoms with Gasteiger partial charge in [-0.1, -0.05) is 12.1 Å². The summed E-state index contributed by atoms with van der Waals surface area (Å²) >= 11 is 5.17. The highest BCUT2D eigenvalue weighted by atomic mass is 32.1. The summed E-state index contributed by atoms with van der Waals surface area (Å²) in [6, 6.07) is 8.21. The first kappa shape index (κ1) is 13.8. The van der Waals surface area contributed by atoms with Crippen molar-refractivity contribution in [2.24, 2.45) is 0 Å². The highest BCUT2D eigenvalue weighted by Gasteiger charge is 2.04. The lowest BCUT2D eigenvalue weighted by Crippen LogP contribution is -2.02. The van der Waals surface area contributed by atoms with E-state index in [1.165, 1.54) is 5.56 Å². The Bertz CT molecular complexity index is 571.